The summed E-state index contributed by atoms with van der Waals surface area (Å²) in [7, 11) is 0. The summed E-state index contributed by atoms with van der Waals surface area (Å²) in [6, 6.07) is 9.14. The van der Waals surface area contributed by atoms with Crippen molar-refractivity contribution >= 4 is 22.7 Å². The Morgan fingerprint density at radius 2 is 1.79 bits per heavy atom. The molecular weight excluding hydrogens is 440 g/mol. The number of hydrogen-bond donors (Lipinski definition) is 1. The van der Waals surface area contributed by atoms with Crippen LogP contribution in [-0.4, -0.2) is 46.7 Å². The van der Waals surface area contributed by atoms with Crippen LogP contribution in [0, 0.1) is 26.2 Å². The normalized spacial score (nSPS) is 21.7. The molecule has 2 fully saturated rings. The molecule has 3 aromatic rings. The Hall–Kier alpha value is -2.51. The van der Waals surface area contributed by atoms with Crippen molar-refractivity contribution in [2.24, 2.45) is 10.4 Å². The molecule has 2 aromatic heterocycles. The van der Waals surface area contributed by atoms with Gasteiger partial charge in [-0.2, -0.15) is 0 Å². The number of aromatic nitrogens is 3. The topological polar surface area (TPSA) is 58.3 Å². The number of hydrogen-bond acceptors (Lipinski definition) is 6. The Labute approximate surface area is 206 Å². The Bertz CT molecular complexity index is 1240. The van der Waals surface area contributed by atoms with Crippen LogP contribution >= 0.6 is 11.3 Å². The quantitative estimate of drug-likeness (QED) is 0.559. The molecule has 0 radical (unpaired) electrons. The summed E-state index contributed by atoms with van der Waals surface area (Å²) >= 11 is 1.82. The average molecular weight is 475 g/mol. The average Bonchev–Trinajstić information content (AvgIpc) is 3.33. The van der Waals surface area contributed by atoms with Crippen molar-refractivity contribution < 1.29 is 0 Å². The zero-order chi connectivity index (χ0) is 23.4. The first-order chi connectivity index (χ1) is 16.5. The van der Waals surface area contributed by atoms with E-state index in [1.54, 1.807) is 0 Å². The number of benzene rings is 1. The predicted molar refractivity (Wildman–Crippen MR) is 140 cm³/mol. The molecule has 1 atom stereocenters. The molecule has 1 N–H and O–H groups in total. The van der Waals surface area contributed by atoms with Gasteiger partial charge in [-0.15, -0.1) is 21.5 Å². The smallest absolute Gasteiger partial charge is 0.162 e. The van der Waals surface area contributed by atoms with E-state index in [4.69, 9.17) is 4.99 Å². The van der Waals surface area contributed by atoms with Gasteiger partial charge in [0, 0.05) is 34.8 Å². The maximum atomic E-state index is 5.21. The molecular formula is C27H34N6S. The molecule has 3 aliphatic rings. The largest absolute Gasteiger partial charge is 0.371 e. The minimum Gasteiger partial charge on any atom is -0.371 e. The second-order valence-corrected chi connectivity index (χ2v) is 11.6. The maximum Gasteiger partial charge on any atom is 0.162 e. The molecule has 7 heteroatoms. The third-order valence-electron chi connectivity index (χ3n) is 8.18. The van der Waals surface area contributed by atoms with Crippen molar-refractivity contribution in [3.8, 4) is 5.00 Å². The van der Waals surface area contributed by atoms with E-state index < -0.39 is 0 Å². The standard InChI is InChI=1S/C27H34N6S/c1-17-19(3)34-26-23(17)24(29-18(2)25-31-30-20(4)33(25)26)21-6-8-22(9-7-21)32-15-5-10-27(16-32)11-13-28-14-12-27/h6-9,18,28H,5,10-16H2,1-4H3/t18-/m0/s1. The number of anilines is 1. The molecule has 0 saturated carbocycles. The summed E-state index contributed by atoms with van der Waals surface area (Å²) in [6.07, 6.45) is 5.28. The van der Waals surface area contributed by atoms with E-state index in [-0.39, 0.29) is 6.04 Å². The van der Waals surface area contributed by atoms with Gasteiger partial charge in [-0.25, -0.2) is 0 Å². The highest BCUT2D eigenvalue weighted by Gasteiger charge is 2.36. The number of nitrogens with one attached hydrogen (secondary N) is 1. The molecule has 178 valence electrons. The van der Waals surface area contributed by atoms with Crippen LogP contribution in [0.1, 0.15) is 71.9 Å². The minimum absolute atomic E-state index is 0.0444. The summed E-state index contributed by atoms with van der Waals surface area (Å²) in [5.74, 6) is 1.85. The molecule has 0 bridgehead atoms. The van der Waals surface area contributed by atoms with Gasteiger partial charge in [0.15, 0.2) is 5.82 Å². The summed E-state index contributed by atoms with van der Waals surface area (Å²) in [6.45, 7) is 13.3. The summed E-state index contributed by atoms with van der Waals surface area (Å²) in [5, 5.41) is 13.6. The van der Waals surface area contributed by atoms with E-state index >= 15 is 0 Å². The number of aryl methyl sites for hydroxylation is 2. The van der Waals surface area contributed by atoms with Crippen LogP contribution in [0.25, 0.3) is 5.00 Å². The van der Waals surface area contributed by atoms with Gasteiger partial charge in [-0.05, 0) is 89.6 Å². The summed E-state index contributed by atoms with van der Waals surface area (Å²) < 4.78 is 2.21. The van der Waals surface area contributed by atoms with Gasteiger partial charge in [0.1, 0.15) is 16.9 Å². The summed E-state index contributed by atoms with van der Waals surface area (Å²) in [5.41, 5.74) is 6.64. The van der Waals surface area contributed by atoms with E-state index in [9.17, 15) is 0 Å². The first-order valence-corrected chi connectivity index (χ1v) is 13.4. The van der Waals surface area contributed by atoms with Crippen molar-refractivity contribution in [3.05, 3.63) is 57.5 Å². The third-order valence-corrected chi connectivity index (χ3v) is 9.38. The van der Waals surface area contributed by atoms with Crippen LogP contribution < -0.4 is 10.2 Å². The molecule has 0 amide bonds. The van der Waals surface area contributed by atoms with E-state index in [1.807, 2.05) is 18.3 Å². The molecule has 3 aliphatic heterocycles. The summed E-state index contributed by atoms with van der Waals surface area (Å²) in [4.78, 5) is 9.15. The van der Waals surface area contributed by atoms with Crippen molar-refractivity contribution in [2.45, 2.75) is 59.4 Å². The fraction of sp³-hybridized carbons (Fsp3) is 0.519. The van der Waals surface area contributed by atoms with Gasteiger partial charge in [0.05, 0.1) is 5.71 Å². The van der Waals surface area contributed by atoms with Crippen LogP contribution in [0.2, 0.25) is 0 Å². The van der Waals surface area contributed by atoms with Crippen LogP contribution in [0.5, 0.6) is 0 Å². The highest BCUT2D eigenvalue weighted by atomic mass is 32.1. The Balaban J connectivity index is 1.36. The van der Waals surface area contributed by atoms with Gasteiger partial charge in [0.2, 0.25) is 0 Å². The molecule has 34 heavy (non-hydrogen) atoms. The molecule has 0 unspecified atom stereocenters. The molecule has 2 saturated heterocycles. The molecule has 1 aromatic carbocycles. The number of piperidine rings is 2. The fourth-order valence-corrected chi connectivity index (χ4v) is 7.32. The van der Waals surface area contributed by atoms with Crippen molar-refractivity contribution in [1.82, 2.24) is 20.1 Å². The SMILES string of the molecule is Cc1sc2c(c1C)C(c1ccc(N3CCCC4(CCNCC4)C3)cc1)=N[C@@H](C)c1nnc(C)n1-2. The predicted octanol–water partition coefficient (Wildman–Crippen LogP) is 5.14. The van der Waals surface area contributed by atoms with Gasteiger partial charge in [0.25, 0.3) is 0 Å². The number of nitrogens with zero attached hydrogens (tertiary/aromatic N) is 5. The Kier molecular flexibility index (Phi) is 5.37. The lowest BCUT2D eigenvalue weighted by Crippen LogP contribution is -2.48. The lowest BCUT2D eigenvalue weighted by molar-refractivity contribution is 0.167. The Morgan fingerprint density at radius 3 is 2.56 bits per heavy atom. The van der Waals surface area contributed by atoms with Crippen LogP contribution in [0.15, 0.2) is 29.3 Å². The first kappa shape index (κ1) is 22.0. The van der Waals surface area contributed by atoms with E-state index in [0.29, 0.717) is 5.41 Å². The number of thiophene rings is 1. The number of fused-ring (bicyclic) bond motifs is 3. The zero-order valence-electron chi connectivity index (χ0n) is 20.7. The van der Waals surface area contributed by atoms with Crippen molar-refractivity contribution in [1.29, 1.82) is 0 Å². The van der Waals surface area contributed by atoms with Crippen LogP contribution in [-0.2, 0) is 0 Å². The van der Waals surface area contributed by atoms with Gasteiger partial charge in [-0.3, -0.25) is 9.56 Å². The van der Waals surface area contributed by atoms with Gasteiger partial charge >= 0.3 is 0 Å². The van der Waals surface area contributed by atoms with E-state index in [1.165, 1.54) is 77.6 Å². The van der Waals surface area contributed by atoms with Crippen molar-refractivity contribution in [3.63, 3.8) is 0 Å². The molecule has 6 rings (SSSR count). The lowest BCUT2D eigenvalue weighted by atomic mass is 9.73. The van der Waals surface area contributed by atoms with Crippen LogP contribution in [0.3, 0.4) is 0 Å². The highest BCUT2D eigenvalue weighted by molar-refractivity contribution is 7.15. The van der Waals surface area contributed by atoms with Gasteiger partial charge < -0.3 is 10.2 Å². The van der Waals surface area contributed by atoms with Gasteiger partial charge in [-0.1, -0.05) is 12.1 Å². The minimum atomic E-state index is -0.0444. The third kappa shape index (κ3) is 3.52. The highest BCUT2D eigenvalue weighted by Crippen LogP contribution is 2.41. The Morgan fingerprint density at radius 1 is 1.03 bits per heavy atom. The lowest BCUT2D eigenvalue weighted by Gasteiger charge is -2.46. The molecule has 1 spiro atoms. The maximum absolute atomic E-state index is 5.21. The molecule has 5 heterocycles. The first-order valence-electron chi connectivity index (χ1n) is 12.6. The van der Waals surface area contributed by atoms with Crippen molar-refractivity contribution in [2.75, 3.05) is 31.1 Å². The van der Waals surface area contributed by atoms with E-state index in [0.717, 1.165) is 23.9 Å². The molecule has 0 aliphatic carbocycles. The monoisotopic (exact) mass is 474 g/mol. The van der Waals surface area contributed by atoms with E-state index in [2.05, 4.69) is 70.0 Å². The second kappa shape index (κ2) is 8.31. The fourth-order valence-electron chi connectivity index (χ4n) is 6.10. The second-order valence-electron chi connectivity index (χ2n) is 10.4. The van der Waals surface area contributed by atoms with Crippen LogP contribution in [0.4, 0.5) is 5.69 Å². The number of rotatable bonds is 2. The number of aliphatic imine (C=N–C) groups is 1. The zero-order valence-corrected chi connectivity index (χ0v) is 21.5. The molecule has 6 nitrogen and oxygen atoms in total.